The summed E-state index contributed by atoms with van der Waals surface area (Å²) in [5.41, 5.74) is 2.51. The molecule has 1 aromatic heterocycles. The second-order valence-corrected chi connectivity index (χ2v) is 6.82. The van der Waals surface area contributed by atoms with Crippen molar-refractivity contribution in [1.29, 1.82) is 0 Å². The van der Waals surface area contributed by atoms with Crippen molar-refractivity contribution < 1.29 is 5.11 Å². The molecule has 3 heteroatoms. The van der Waals surface area contributed by atoms with Crippen molar-refractivity contribution in [3.8, 4) is 0 Å². The number of hydrogen-bond donors (Lipinski definition) is 1. The summed E-state index contributed by atoms with van der Waals surface area (Å²) in [5.74, 6) is 0. The second-order valence-electron chi connectivity index (χ2n) is 4.96. The highest BCUT2D eigenvalue weighted by molar-refractivity contribution is 9.10. The van der Waals surface area contributed by atoms with Crippen LogP contribution in [0.15, 0.2) is 34.1 Å². The van der Waals surface area contributed by atoms with Crippen LogP contribution in [0.5, 0.6) is 0 Å². The number of rotatable bonds is 3. The molecule has 0 amide bonds. The van der Waals surface area contributed by atoms with Crippen molar-refractivity contribution in [3.63, 3.8) is 0 Å². The van der Waals surface area contributed by atoms with Gasteiger partial charge in [-0.1, -0.05) is 23.8 Å². The molecule has 2 aromatic rings. The van der Waals surface area contributed by atoms with Gasteiger partial charge in [0, 0.05) is 15.8 Å². The second kappa shape index (κ2) is 5.16. The van der Waals surface area contributed by atoms with Gasteiger partial charge in [0.25, 0.3) is 0 Å². The zero-order valence-corrected chi connectivity index (χ0v) is 13.2. The number of hydrogen-bond acceptors (Lipinski definition) is 2. The molecule has 1 N–H and O–H groups in total. The predicted molar refractivity (Wildman–Crippen MR) is 81.2 cm³/mol. The summed E-state index contributed by atoms with van der Waals surface area (Å²) in [6.07, 6.45) is 0.634. The molecule has 0 spiro atoms. The zero-order chi connectivity index (χ0) is 13.3. The van der Waals surface area contributed by atoms with E-state index in [9.17, 15) is 5.11 Å². The highest BCUT2D eigenvalue weighted by atomic mass is 79.9. The van der Waals surface area contributed by atoms with Crippen LogP contribution in [0.4, 0.5) is 0 Å². The molecule has 0 aliphatic carbocycles. The molecule has 0 bridgehead atoms. The monoisotopic (exact) mass is 324 g/mol. The molecule has 0 aliphatic rings. The smallest absolute Gasteiger partial charge is 0.0919 e. The van der Waals surface area contributed by atoms with E-state index in [4.69, 9.17) is 0 Å². The van der Waals surface area contributed by atoms with E-state index in [-0.39, 0.29) is 0 Å². The predicted octanol–water partition coefficient (Wildman–Crippen LogP) is 4.58. The number of halogens is 1. The molecule has 2 rings (SSSR count). The molecule has 0 radical (unpaired) electrons. The van der Waals surface area contributed by atoms with E-state index in [0.717, 1.165) is 15.6 Å². The molecule has 1 nitrogen and oxygen atoms in total. The fourth-order valence-corrected chi connectivity index (χ4v) is 3.82. The minimum atomic E-state index is -0.830. The largest absolute Gasteiger partial charge is 0.385 e. The molecule has 1 heterocycles. The van der Waals surface area contributed by atoms with E-state index in [2.05, 4.69) is 41.1 Å². The van der Waals surface area contributed by atoms with E-state index in [1.165, 1.54) is 10.4 Å². The third kappa shape index (κ3) is 2.85. The van der Waals surface area contributed by atoms with Gasteiger partial charge in [0.05, 0.1) is 5.60 Å². The molecule has 0 aliphatic heterocycles. The Morgan fingerprint density at radius 1 is 1.28 bits per heavy atom. The lowest BCUT2D eigenvalue weighted by atomic mass is 9.87. The maximum Gasteiger partial charge on any atom is 0.0919 e. The Kier molecular flexibility index (Phi) is 3.95. The first-order valence-electron chi connectivity index (χ1n) is 5.92. The Morgan fingerprint density at radius 2 is 2.00 bits per heavy atom. The number of aryl methyl sites for hydroxylation is 2. The fourth-order valence-electron chi connectivity index (χ4n) is 2.18. The summed E-state index contributed by atoms with van der Waals surface area (Å²) >= 11 is 5.20. The van der Waals surface area contributed by atoms with Crippen LogP contribution >= 0.6 is 27.3 Å². The molecule has 1 unspecified atom stereocenters. The first-order chi connectivity index (χ1) is 8.40. The van der Waals surface area contributed by atoms with Gasteiger partial charge in [-0.25, -0.2) is 0 Å². The number of aliphatic hydroxyl groups is 1. The topological polar surface area (TPSA) is 20.2 Å². The van der Waals surface area contributed by atoms with Crippen LogP contribution in [0.1, 0.15) is 28.5 Å². The highest BCUT2D eigenvalue weighted by Crippen LogP contribution is 2.33. The lowest BCUT2D eigenvalue weighted by Crippen LogP contribution is -2.25. The van der Waals surface area contributed by atoms with Crippen LogP contribution in [0.2, 0.25) is 0 Å². The van der Waals surface area contributed by atoms with Crippen molar-refractivity contribution >= 4 is 27.3 Å². The van der Waals surface area contributed by atoms with Gasteiger partial charge in [0.1, 0.15) is 0 Å². The fraction of sp³-hybridized carbons (Fsp3) is 0.333. The van der Waals surface area contributed by atoms with Gasteiger partial charge in [-0.3, -0.25) is 0 Å². The number of benzene rings is 1. The van der Waals surface area contributed by atoms with Crippen molar-refractivity contribution in [2.75, 3.05) is 0 Å². The van der Waals surface area contributed by atoms with Crippen LogP contribution in [-0.2, 0) is 12.0 Å². The third-order valence-electron chi connectivity index (χ3n) is 3.17. The van der Waals surface area contributed by atoms with Crippen LogP contribution in [0.25, 0.3) is 0 Å². The Hall–Kier alpha value is -0.640. The summed E-state index contributed by atoms with van der Waals surface area (Å²) in [6, 6.07) is 8.26. The van der Waals surface area contributed by atoms with Crippen LogP contribution < -0.4 is 0 Å². The highest BCUT2D eigenvalue weighted by Gasteiger charge is 2.26. The molecule has 0 saturated carbocycles. The standard InChI is InChI=1S/C15H17BrOS/c1-10-4-5-11(2)12(8-10)15(3,17)9-14-13(16)6-7-18-14/h4-8,17H,9H2,1-3H3. The van der Waals surface area contributed by atoms with Crippen molar-refractivity contribution in [1.82, 2.24) is 0 Å². The molecule has 1 aromatic carbocycles. The zero-order valence-electron chi connectivity index (χ0n) is 10.8. The quantitative estimate of drug-likeness (QED) is 0.876. The van der Waals surface area contributed by atoms with Gasteiger partial charge in [-0.2, -0.15) is 0 Å². The Bertz CT molecular complexity index is 557. The van der Waals surface area contributed by atoms with Gasteiger partial charge >= 0.3 is 0 Å². The van der Waals surface area contributed by atoms with Crippen LogP contribution in [0, 0.1) is 13.8 Å². The summed E-state index contributed by atoms with van der Waals surface area (Å²) in [5, 5.41) is 12.8. The van der Waals surface area contributed by atoms with Crippen molar-refractivity contribution in [2.24, 2.45) is 0 Å². The number of thiophene rings is 1. The van der Waals surface area contributed by atoms with Gasteiger partial charge in [0.15, 0.2) is 0 Å². The lowest BCUT2D eigenvalue weighted by molar-refractivity contribution is 0.0576. The average molecular weight is 325 g/mol. The minimum absolute atomic E-state index is 0.634. The van der Waals surface area contributed by atoms with Crippen LogP contribution in [0.3, 0.4) is 0 Å². The summed E-state index contributed by atoms with van der Waals surface area (Å²) < 4.78 is 1.08. The third-order valence-corrected chi connectivity index (χ3v) is 5.10. The van der Waals surface area contributed by atoms with E-state index in [0.29, 0.717) is 6.42 Å². The van der Waals surface area contributed by atoms with Crippen molar-refractivity contribution in [2.45, 2.75) is 32.8 Å². The van der Waals surface area contributed by atoms with E-state index < -0.39 is 5.60 Å². The molecule has 1 atom stereocenters. The minimum Gasteiger partial charge on any atom is -0.385 e. The first-order valence-corrected chi connectivity index (χ1v) is 7.59. The first kappa shape index (κ1) is 13.8. The van der Waals surface area contributed by atoms with Gasteiger partial charge in [-0.15, -0.1) is 11.3 Å². The summed E-state index contributed by atoms with van der Waals surface area (Å²) in [4.78, 5) is 1.18. The maximum atomic E-state index is 10.8. The molecule has 18 heavy (non-hydrogen) atoms. The molecule has 96 valence electrons. The van der Waals surface area contributed by atoms with E-state index >= 15 is 0 Å². The Balaban J connectivity index is 2.36. The average Bonchev–Trinajstić information content (AvgIpc) is 2.67. The molecular weight excluding hydrogens is 308 g/mol. The Morgan fingerprint density at radius 3 is 2.61 bits per heavy atom. The van der Waals surface area contributed by atoms with E-state index in [1.807, 2.05) is 25.3 Å². The van der Waals surface area contributed by atoms with Gasteiger partial charge in [0.2, 0.25) is 0 Å². The molecular formula is C15H17BrOS. The molecule has 0 saturated heterocycles. The maximum absolute atomic E-state index is 10.8. The Labute approximate surface area is 121 Å². The van der Waals surface area contributed by atoms with Crippen molar-refractivity contribution in [3.05, 3.63) is 55.7 Å². The van der Waals surface area contributed by atoms with Gasteiger partial charge < -0.3 is 5.11 Å². The van der Waals surface area contributed by atoms with Crippen LogP contribution in [-0.4, -0.2) is 5.11 Å². The summed E-state index contributed by atoms with van der Waals surface area (Å²) in [6.45, 7) is 5.99. The van der Waals surface area contributed by atoms with E-state index in [1.54, 1.807) is 11.3 Å². The lowest BCUT2D eigenvalue weighted by Gasteiger charge is -2.26. The summed E-state index contributed by atoms with van der Waals surface area (Å²) in [7, 11) is 0. The normalized spacial score (nSPS) is 14.5. The molecule has 0 fully saturated rings. The SMILES string of the molecule is Cc1ccc(C)c(C(C)(O)Cc2sccc2Br)c1. The van der Waals surface area contributed by atoms with Gasteiger partial charge in [-0.05, 0) is 59.3 Å².